The number of nitrogens with zero attached hydrogens (tertiary/aromatic N) is 1. The average Bonchev–Trinajstić information content (AvgIpc) is 2.48. The molecule has 0 atom stereocenters. The van der Waals surface area contributed by atoms with Crippen molar-refractivity contribution in [1.82, 2.24) is 4.98 Å². The zero-order chi connectivity index (χ0) is 15.7. The third-order valence-corrected chi connectivity index (χ3v) is 3.40. The van der Waals surface area contributed by atoms with Crippen LogP contribution >= 0.6 is 0 Å². The number of benzene rings is 1. The molecule has 0 radical (unpaired) electrons. The quantitative estimate of drug-likeness (QED) is 0.771. The van der Waals surface area contributed by atoms with Crippen LogP contribution in [0.25, 0.3) is 0 Å². The molecule has 2 heterocycles. The van der Waals surface area contributed by atoms with Gasteiger partial charge in [-0.25, -0.2) is 0 Å². The molecule has 7 nitrogen and oxygen atoms in total. The lowest BCUT2D eigenvalue weighted by Crippen LogP contribution is -2.35. The molecule has 0 saturated carbocycles. The van der Waals surface area contributed by atoms with Gasteiger partial charge in [0.25, 0.3) is 5.91 Å². The first-order valence-corrected chi connectivity index (χ1v) is 6.68. The summed E-state index contributed by atoms with van der Waals surface area (Å²) < 4.78 is 0. The van der Waals surface area contributed by atoms with E-state index in [2.05, 4.69) is 15.6 Å². The number of carbonyl (C=O) groups excluding carboxylic acids is 2. The highest BCUT2D eigenvalue weighted by Crippen LogP contribution is 2.29. The summed E-state index contributed by atoms with van der Waals surface area (Å²) in [6.07, 6.45) is 2.91. The largest absolute Gasteiger partial charge is 0.366 e. The van der Waals surface area contributed by atoms with Gasteiger partial charge in [-0.3, -0.25) is 14.4 Å². The Morgan fingerprint density at radius 1 is 1.27 bits per heavy atom. The van der Waals surface area contributed by atoms with E-state index in [1.54, 1.807) is 30.1 Å². The number of nitrogens with one attached hydrogen (secondary N) is 3. The number of fused-ring (bicyclic) bond motifs is 1. The lowest BCUT2D eigenvalue weighted by Gasteiger charge is -2.27. The Labute approximate surface area is 126 Å². The van der Waals surface area contributed by atoms with Crippen molar-refractivity contribution in [2.45, 2.75) is 0 Å². The van der Waals surface area contributed by atoms with Crippen LogP contribution < -0.4 is 21.0 Å². The normalized spacial score (nSPS) is 13.3. The minimum absolute atomic E-state index is 0.132. The van der Waals surface area contributed by atoms with Gasteiger partial charge >= 0.3 is 0 Å². The van der Waals surface area contributed by atoms with Gasteiger partial charge in [0.2, 0.25) is 11.3 Å². The van der Waals surface area contributed by atoms with E-state index in [4.69, 9.17) is 0 Å². The highest BCUT2D eigenvalue weighted by atomic mass is 16.2. The first kappa shape index (κ1) is 13.9. The van der Waals surface area contributed by atoms with Crippen LogP contribution in [0.3, 0.4) is 0 Å². The molecular weight excluding hydrogens is 284 g/mol. The summed E-state index contributed by atoms with van der Waals surface area (Å²) >= 11 is 0. The van der Waals surface area contributed by atoms with Crippen molar-refractivity contribution in [2.75, 3.05) is 29.1 Å². The number of carbonyl (C=O) groups is 2. The Bertz CT molecular complexity index is 812. The number of anilines is 3. The van der Waals surface area contributed by atoms with Crippen LogP contribution in [0.1, 0.15) is 10.4 Å². The molecule has 1 aliphatic heterocycles. The topological polar surface area (TPSA) is 94.3 Å². The van der Waals surface area contributed by atoms with Crippen LogP contribution in [0.4, 0.5) is 17.1 Å². The van der Waals surface area contributed by atoms with Crippen molar-refractivity contribution < 1.29 is 9.59 Å². The molecule has 0 aliphatic carbocycles. The second-order valence-corrected chi connectivity index (χ2v) is 5.01. The van der Waals surface area contributed by atoms with Gasteiger partial charge in [-0.2, -0.15) is 0 Å². The maximum Gasteiger partial charge on any atom is 0.255 e. The molecule has 3 rings (SSSR count). The number of likely N-dealkylation sites (N-methyl/N-ethyl adjacent to an activating group) is 1. The summed E-state index contributed by atoms with van der Waals surface area (Å²) in [4.78, 5) is 39.9. The van der Waals surface area contributed by atoms with E-state index in [0.29, 0.717) is 11.3 Å². The monoisotopic (exact) mass is 298 g/mol. The molecule has 0 fully saturated rings. The van der Waals surface area contributed by atoms with E-state index in [9.17, 15) is 14.4 Å². The summed E-state index contributed by atoms with van der Waals surface area (Å²) in [7, 11) is 1.81. The van der Waals surface area contributed by atoms with Gasteiger partial charge in [-0.1, -0.05) is 0 Å². The minimum Gasteiger partial charge on any atom is -0.366 e. The van der Waals surface area contributed by atoms with Crippen LogP contribution in [0.5, 0.6) is 0 Å². The van der Waals surface area contributed by atoms with Gasteiger partial charge in [-0.15, -0.1) is 0 Å². The number of aromatic amines is 1. The molecule has 0 unspecified atom stereocenters. The van der Waals surface area contributed by atoms with Crippen molar-refractivity contribution in [2.24, 2.45) is 0 Å². The summed E-state index contributed by atoms with van der Waals surface area (Å²) in [6.45, 7) is 0.276. The fourth-order valence-electron chi connectivity index (χ4n) is 2.31. The first-order chi connectivity index (χ1) is 10.5. The summed E-state index contributed by atoms with van der Waals surface area (Å²) in [5.41, 5.74) is 1.67. The van der Waals surface area contributed by atoms with E-state index >= 15 is 0 Å². The molecule has 2 amide bonds. The van der Waals surface area contributed by atoms with Crippen LogP contribution in [0.15, 0.2) is 41.5 Å². The Kier molecular flexibility index (Phi) is 3.38. The van der Waals surface area contributed by atoms with Crippen molar-refractivity contribution in [3.8, 4) is 0 Å². The van der Waals surface area contributed by atoms with E-state index in [-0.39, 0.29) is 23.6 Å². The Morgan fingerprint density at radius 2 is 2.09 bits per heavy atom. The molecule has 0 spiro atoms. The summed E-state index contributed by atoms with van der Waals surface area (Å²) in [5, 5.41) is 5.28. The molecule has 1 aromatic heterocycles. The summed E-state index contributed by atoms with van der Waals surface area (Å²) in [5.74, 6) is -0.547. The molecule has 2 aromatic rings. The number of pyridine rings is 1. The third kappa shape index (κ3) is 2.56. The number of hydrogen-bond donors (Lipinski definition) is 3. The molecule has 1 aliphatic rings. The third-order valence-electron chi connectivity index (χ3n) is 3.40. The van der Waals surface area contributed by atoms with Gasteiger partial charge in [0, 0.05) is 31.1 Å². The highest BCUT2D eigenvalue weighted by Gasteiger charge is 2.20. The van der Waals surface area contributed by atoms with Crippen molar-refractivity contribution in [3.05, 3.63) is 52.4 Å². The fraction of sp³-hybridized carbons (Fsp3) is 0.133. The fourth-order valence-corrected chi connectivity index (χ4v) is 2.31. The van der Waals surface area contributed by atoms with Crippen molar-refractivity contribution in [3.63, 3.8) is 0 Å². The van der Waals surface area contributed by atoms with Gasteiger partial charge < -0.3 is 20.5 Å². The zero-order valence-electron chi connectivity index (χ0n) is 11.8. The standard InChI is InChI=1S/C15H14N4O3/c1-19-8-14(21)17-10-6-9(2-3-12(10)19)15(22)18-11-7-16-5-4-13(11)20/h2-7H,8H2,1H3,(H,16,20)(H,17,21)(H,18,22). The number of hydrogen-bond acceptors (Lipinski definition) is 4. The van der Waals surface area contributed by atoms with Gasteiger partial charge in [0.05, 0.1) is 17.9 Å². The van der Waals surface area contributed by atoms with Crippen LogP contribution in [-0.4, -0.2) is 30.4 Å². The van der Waals surface area contributed by atoms with Crippen LogP contribution in [-0.2, 0) is 4.79 Å². The molecule has 0 bridgehead atoms. The predicted molar refractivity (Wildman–Crippen MR) is 83.4 cm³/mol. The lowest BCUT2D eigenvalue weighted by molar-refractivity contribution is -0.115. The number of H-pyrrole nitrogens is 1. The first-order valence-electron chi connectivity index (χ1n) is 6.68. The Balaban J connectivity index is 1.88. The highest BCUT2D eigenvalue weighted by molar-refractivity contribution is 6.07. The SMILES string of the molecule is CN1CC(=O)Nc2cc(C(=O)Nc3c[nH]ccc3=O)ccc21. The van der Waals surface area contributed by atoms with E-state index in [1.807, 2.05) is 0 Å². The molecule has 1 aromatic carbocycles. The van der Waals surface area contributed by atoms with Gasteiger partial charge in [0.1, 0.15) is 5.69 Å². The molecule has 3 N–H and O–H groups in total. The minimum atomic E-state index is -0.415. The van der Waals surface area contributed by atoms with Gasteiger partial charge in [-0.05, 0) is 18.2 Å². The number of rotatable bonds is 2. The molecule has 22 heavy (non-hydrogen) atoms. The second-order valence-electron chi connectivity index (χ2n) is 5.01. The zero-order valence-corrected chi connectivity index (χ0v) is 11.8. The maximum atomic E-state index is 12.2. The predicted octanol–water partition coefficient (Wildman–Crippen LogP) is 1.02. The second kappa shape index (κ2) is 5.36. The number of aromatic nitrogens is 1. The number of amides is 2. The van der Waals surface area contributed by atoms with Crippen LogP contribution in [0.2, 0.25) is 0 Å². The summed E-state index contributed by atoms with van der Waals surface area (Å²) in [6, 6.07) is 6.34. The molecular formula is C15H14N4O3. The molecule has 112 valence electrons. The van der Waals surface area contributed by atoms with E-state index < -0.39 is 5.91 Å². The van der Waals surface area contributed by atoms with E-state index in [0.717, 1.165) is 5.69 Å². The smallest absolute Gasteiger partial charge is 0.255 e. The maximum absolute atomic E-state index is 12.2. The van der Waals surface area contributed by atoms with Crippen molar-refractivity contribution in [1.29, 1.82) is 0 Å². The van der Waals surface area contributed by atoms with Crippen LogP contribution in [0, 0.1) is 0 Å². The van der Waals surface area contributed by atoms with Gasteiger partial charge in [0.15, 0.2) is 0 Å². The van der Waals surface area contributed by atoms with E-state index in [1.165, 1.54) is 18.5 Å². The Hall–Kier alpha value is -3.09. The molecule has 0 saturated heterocycles. The Morgan fingerprint density at radius 3 is 2.86 bits per heavy atom. The average molecular weight is 298 g/mol. The molecule has 7 heteroatoms. The van der Waals surface area contributed by atoms with Crippen molar-refractivity contribution >= 4 is 28.9 Å². The lowest BCUT2D eigenvalue weighted by atomic mass is 10.1.